The van der Waals surface area contributed by atoms with Gasteiger partial charge in [-0.05, 0) is 62.8 Å². The third-order valence-electron chi connectivity index (χ3n) is 5.06. The van der Waals surface area contributed by atoms with Crippen molar-refractivity contribution >= 4 is 5.91 Å². The van der Waals surface area contributed by atoms with Gasteiger partial charge in [0.05, 0.1) is 6.10 Å². The van der Waals surface area contributed by atoms with E-state index in [0.29, 0.717) is 12.0 Å². The first-order chi connectivity index (χ1) is 11.3. The second-order valence-electron chi connectivity index (χ2n) is 6.61. The molecule has 0 unspecified atom stereocenters. The third kappa shape index (κ3) is 4.12. The largest absolute Gasteiger partial charge is 0.378 e. The van der Waals surface area contributed by atoms with E-state index in [-0.39, 0.29) is 5.91 Å². The zero-order valence-corrected chi connectivity index (χ0v) is 14.1. The summed E-state index contributed by atoms with van der Waals surface area (Å²) in [5, 5.41) is 3.45. The van der Waals surface area contributed by atoms with E-state index < -0.39 is 0 Å². The lowest BCUT2D eigenvalue weighted by Gasteiger charge is -2.32. The van der Waals surface area contributed by atoms with E-state index in [0.717, 1.165) is 51.2 Å². The predicted molar refractivity (Wildman–Crippen MR) is 91.8 cm³/mol. The monoisotopic (exact) mass is 316 g/mol. The van der Waals surface area contributed by atoms with Crippen LogP contribution < -0.4 is 5.32 Å². The van der Waals surface area contributed by atoms with Crippen molar-refractivity contribution in [2.24, 2.45) is 0 Å². The molecule has 4 nitrogen and oxygen atoms in total. The van der Waals surface area contributed by atoms with E-state index in [1.54, 1.807) is 0 Å². The normalized spacial score (nSPS) is 23.0. The van der Waals surface area contributed by atoms with Crippen LogP contribution in [0.3, 0.4) is 0 Å². The molecule has 4 heteroatoms. The van der Waals surface area contributed by atoms with Crippen molar-refractivity contribution in [2.75, 3.05) is 32.8 Å². The topological polar surface area (TPSA) is 41.6 Å². The minimum Gasteiger partial charge on any atom is -0.378 e. The zero-order chi connectivity index (χ0) is 16.1. The Labute approximate surface area is 139 Å². The minimum absolute atomic E-state index is 0.160. The average Bonchev–Trinajstić information content (AvgIpc) is 2.63. The molecule has 2 aliphatic heterocycles. The molecule has 2 heterocycles. The smallest absolute Gasteiger partial charge is 0.253 e. The molecule has 2 saturated heterocycles. The minimum atomic E-state index is 0.160. The fourth-order valence-corrected chi connectivity index (χ4v) is 3.68. The Kier molecular flexibility index (Phi) is 5.68. The molecule has 0 radical (unpaired) electrons. The molecule has 0 aliphatic carbocycles. The van der Waals surface area contributed by atoms with E-state index in [2.05, 4.69) is 17.4 Å². The number of rotatable bonds is 4. The molecule has 0 aromatic heterocycles. The maximum Gasteiger partial charge on any atom is 0.253 e. The number of hydrogen-bond donors (Lipinski definition) is 1. The maximum atomic E-state index is 12.6. The lowest BCUT2D eigenvalue weighted by Crippen LogP contribution is -2.40. The molecule has 1 atom stereocenters. The van der Waals surface area contributed by atoms with Gasteiger partial charge in [0, 0.05) is 31.8 Å². The predicted octanol–water partition coefficient (Wildman–Crippen LogP) is 2.79. The molecule has 1 amide bonds. The van der Waals surface area contributed by atoms with Crippen LogP contribution in [0.2, 0.25) is 0 Å². The molecule has 0 spiro atoms. The van der Waals surface area contributed by atoms with Crippen LogP contribution in [0.5, 0.6) is 0 Å². The molecule has 3 rings (SSSR count). The quantitative estimate of drug-likeness (QED) is 0.929. The van der Waals surface area contributed by atoms with Gasteiger partial charge < -0.3 is 15.0 Å². The van der Waals surface area contributed by atoms with Gasteiger partial charge in [-0.2, -0.15) is 0 Å². The van der Waals surface area contributed by atoms with Crippen LogP contribution in [0, 0.1) is 0 Å². The van der Waals surface area contributed by atoms with Crippen LogP contribution in [-0.2, 0) is 4.74 Å². The summed E-state index contributed by atoms with van der Waals surface area (Å²) in [4.78, 5) is 14.6. The number of benzene rings is 1. The number of likely N-dealkylation sites (tertiary alicyclic amines) is 1. The van der Waals surface area contributed by atoms with Crippen molar-refractivity contribution in [1.82, 2.24) is 10.2 Å². The van der Waals surface area contributed by atoms with E-state index in [9.17, 15) is 4.79 Å². The van der Waals surface area contributed by atoms with Crippen LogP contribution in [0.25, 0.3) is 0 Å². The molecule has 1 N–H and O–H groups in total. The van der Waals surface area contributed by atoms with Crippen molar-refractivity contribution in [3.8, 4) is 0 Å². The summed E-state index contributed by atoms with van der Waals surface area (Å²) in [6, 6.07) is 8.28. The van der Waals surface area contributed by atoms with Gasteiger partial charge in [-0.15, -0.1) is 0 Å². The molecular formula is C19H28N2O2. The van der Waals surface area contributed by atoms with Crippen LogP contribution in [0.1, 0.15) is 54.4 Å². The SMILES string of the molecule is CCOC1CCN(C(=O)c2ccc([C@H]3CCCNC3)cc2)CC1. The Hall–Kier alpha value is -1.39. The molecule has 2 fully saturated rings. The summed E-state index contributed by atoms with van der Waals surface area (Å²) >= 11 is 0. The van der Waals surface area contributed by atoms with E-state index in [1.807, 2.05) is 24.0 Å². The number of piperidine rings is 2. The van der Waals surface area contributed by atoms with Crippen molar-refractivity contribution in [1.29, 1.82) is 0 Å². The highest BCUT2D eigenvalue weighted by molar-refractivity contribution is 5.94. The lowest BCUT2D eigenvalue weighted by atomic mass is 9.91. The van der Waals surface area contributed by atoms with E-state index in [1.165, 1.54) is 18.4 Å². The lowest BCUT2D eigenvalue weighted by molar-refractivity contribution is 0.0146. The Balaban J connectivity index is 1.57. The number of nitrogens with zero attached hydrogens (tertiary/aromatic N) is 1. The van der Waals surface area contributed by atoms with Gasteiger partial charge in [0.1, 0.15) is 0 Å². The molecule has 1 aromatic rings. The van der Waals surface area contributed by atoms with E-state index in [4.69, 9.17) is 4.74 Å². The standard InChI is InChI=1S/C19H28N2O2/c1-2-23-18-9-12-21(13-10-18)19(22)16-7-5-15(6-8-16)17-4-3-11-20-14-17/h5-8,17-18,20H,2-4,9-14H2,1H3/t17-/m0/s1. The van der Waals surface area contributed by atoms with Gasteiger partial charge in [0.2, 0.25) is 0 Å². The first-order valence-electron chi connectivity index (χ1n) is 8.99. The number of carbonyl (C=O) groups is 1. The summed E-state index contributed by atoms with van der Waals surface area (Å²) in [6.07, 6.45) is 4.70. The fraction of sp³-hybridized carbons (Fsp3) is 0.632. The number of ether oxygens (including phenoxy) is 1. The molecule has 126 valence electrons. The number of carbonyl (C=O) groups excluding carboxylic acids is 1. The highest BCUT2D eigenvalue weighted by Gasteiger charge is 2.24. The van der Waals surface area contributed by atoms with Gasteiger partial charge in [-0.3, -0.25) is 4.79 Å². The Morgan fingerprint density at radius 3 is 2.57 bits per heavy atom. The summed E-state index contributed by atoms with van der Waals surface area (Å²) in [7, 11) is 0. The van der Waals surface area contributed by atoms with E-state index >= 15 is 0 Å². The summed E-state index contributed by atoms with van der Waals surface area (Å²) in [6.45, 7) is 6.58. The second-order valence-corrected chi connectivity index (χ2v) is 6.61. The molecule has 2 aliphatic rings. The van der Waals surface area contributed by atoms with Crippen LogP contribution in [0.4, 0.5) is 0 Å². The highest BCUT2D eigenvalue weighted by Crippen LogP contribution is 2.24. The zero-order valence-electron chi connectivity index (χ0n) is 14.1. The molecule has 1 aromatic carbocycles. The van der Waals surface area contributed by atoms with Crippen LogP contribution in [-0.4, -0.2) is 49.7 Å². The number of amides is 1. The van der Waals surface area contributed by atoms with Gasteiger partial charge in [-0.25, -0.2) is 0 Å². The van der Waals surface area contributed by atoms with Gasteiger partial charge in [0.15, 0.2) is 0 Å². The summed E-state index contributed by atoms with van der Waals surface area (Å²) in [5.74, 6) is 0.753. The molecular weight excluding hydrogens is 288 g/mol. The van der Waals surface area contributed by atoms with Gasteiger partial charge >= 0.3 is 0 Å². The molecule has 0 bridgehead atoms. The van der Waals surface area contributed by atoms with Crippen molar-refractivity contribution in [3.05, 3.63) is 35.4 Å². The van der Waals surface area contributed by atoms with Gasteiger partial charge in [-0.1, -0.05) is 12.1 Å². The van der Waals surface area contributed by atoms with Crippen molar-refractivity contribution < 1.29 is 9.53 Å². The van der Waals surface area contributed by atoms with Crippen molar-refractivity contribution in [2.45, 2.75) is 44.6 Å². The number of hydrogen-bond acceptors (Lipinski definition) is 3. The van der Waals surface area contributed by atoms with Crippen LogP contribution >= 0.6 is 0 Å². The Bertz CT molecular complexity index is 501. The number of nitrogens with one attached hydrogen (secondary N) is 1. The Morgan fingerprint density at radius 1 is 1.22 bits per heavy atom. The molecule has 23 heavy (non-hydrogen) atoms. The Morgan fingerprint density at radius 2 is 1.96 bits per heavy atom. The third-order valence-corrected chi connectivity index (χ3v) is 5.06. The summed E-state index contributed by atoms with van der Waals surface area (Å²) in [5.41, 5.74) is 2.16. The van der Waals surface area contributed by atoms with Crippen LogP contribution in [0.15, 0.2) is 24.3 Å². The fourth-order valence-electron chi connectivity index (χ4n) is 3.68. The van der Waals surface area contributed by atoms with Crippen molar-refractivity contribution in [3.63, 3.8) is 0 Å². The average molecular weight is 316 g/mol. The first-order valence-corrected chi connectivity index (χ1v) is 8.99. The highest BCUT2D eigenvalue weighted by atomic mass is 16.5. The first kappa shape index (κ1) is 16.5. The maximum absolute atomic E-state index is 12.6. The van der Waals surface area contributed by atoms with Gasteiger partial charge in [0.25, 0.3) is 5.91 Å². The molecule has 0 saturated carbocycles. The summed E-state index contributed by atoms with van der Waals surface area (Å²) < 4.78 is 5.66. The second kappa shape index (κ2) is 7.93.